The lowest BCUT2D eigenvalue weighted by molar-refractivity contribution is -0.154. The molecule has 3 heteroatoms. The van der Waals surface area contributed by atoms with Crippen LogP contribution in [0.2, 0.25) is 0 Å². The topological polar surface area (TPSA) is 21.7 Å². The first-order valence-corrected chi connectivity index (χ1v) is 6.40. The molecule has 0 saturated heterocycles. The van der Waals surface area contributed by atoms with Crippen molar-refractivity contribution >= 4 is 0 Å². The standard InChI is InChI=1S/C15H25NO2/c1-12(2)14(15(17-4)18-5)16(3)11-13-9-7-6-8-10-13/h6-10,12,14-15H,11H2,1-5H3/t14-/m0/s1. The fourth-order valence-corrected chi connectivity index (χ4v) is 2.38. The van der Waals surface area contributed by atoms with Gasteiger partial charge in [0.15, 0.2) is 6.29 Å². The molecule has 1 rings (SSSR count). The molecule has 0 N–H and O–H groups in total. The van der Waals surface area contributed by atoms with Crippen LogP contribution in [0, 0.1) is 5.92 Å². The highest BCUT2D eigenvalue weighted by Crippen LogP contribution is 2.18. The lowest BCUT2D eigenvalue weighted by atomic mass is 10.0. The predicted molar refractivity (Wildman–Crippen MR) is 74.3 cm³/mol. The molecular formula is C15H25NO2. The Morgan fingerprint density at radius 1 is 1.06 bits per heavy atom. The van der Waals surface area contributed by atoms with Gasteiger partial charge in [0.25, 0.3) is 0 Å². The minimum absolute atomic E-state index is 0.196. The van der Waals surface area contributed by atoms with Crippen molar-refractivity contribution in [2.45, 2.75) is 32.7 Å². The molecule has 0 radical (unpaired) electrons. The molecule has 0 aliphatic rings. The smallest absolute Gasteiger partial charge is 0.172 e. The van der Waals surface area contributed by atoms with Gasteiger partial charge in [-0.3, -0.25) is 4.90 Å². The molecular weight excluding hydrogens is 226 g/mol. The predicted octanol–water partition coefficient (Wildman–Crippen LogP) is 2.76. The number of rotatable bonds is 7. The van der Waals surface area contributed by atoms with Gasteiger partial charge in [-0.05, 0) is 18.5 Å². The summed E-state index contributed by atoms with van der Waals surface area (Å²) < 4.78 is 10.8. The molecule has 0 spiro atoms. The fraction of sp³-hybridized carbons (Fsp3) is 0.600. The van der Waals surface area contributed by atoms with Crippen LogP contribution in [0.25, 0.3) is 0 Å². The third-order valence-corrected chi connectivity index (χ3v) is 3.21. The summed E-state index contributed by atoms with van der Waals surface area (Å²) in [5, 5.41) is 0. The zero-order chi connectivity index (χ0) is 13.5. The van der Waals surface area contributed by atoms with Crippen LogP contribution >= 0.6 is 0 Å². The minimum atomic E-state index is -0.196. The highest BCUT2D eigenvalue weighted by Gasteiger charge is 2.28. The number of hydrogen-bond acceptors (Lipinski definition) is 3. The SMILES string of the molecule is COC(OC)[C@H](C(C)C)N(C)Cc1ccccc1. The van der Waals surface area contributed by atoms with Crippen molar-refractivity contribution in [2.24, 2.45) is 5.92 Å². The van der Waals surface area contributed by atoms with Gasteiger partial charge in [0.1, 0.15) is 0 Å². The Labute approximate surface area is 111 Å². The molecule has 0 saturated carbocycles. The number of methoxy groups -OCH3 is 2. The second-order valence-corrected chi connectivity index (χ2v) is 4.98. The summed E-state index contributed by atoms with van der Waals surface area (Å²) in [4.78, 5) is 2.29. The van der Waals surface area contributed by atoms with Crippen molar-refractivity contribution in [3.05, 3.63) is 35.9 Å². The summed E-state index contributed by atoms with van der Waals surface area (Å²) >= 11 is 0. The molecule has 0 fully saturated rings. The van der Waals surface area contributed by atoms with Gasteiger partial charge in [0, 0.05) is 20.8 Å². The molecule has 0 aromatic heterocycles. The summed E-state index contributed by atoms with van der Waals surface area (Å²) in [7, 11) is 5.50. The third kappa shape index (κ3) is 4.09. The van der Waals surface area contributed by atoms with Crippen LogP contribution in [0.15, 0.2) is 30.3 Å². The normalized spacial score (nSPS) is 13.6. The van der Waals surface area contributed by atoms with Crippen LogP contribution in [-0.2, 0) is 16.0 Å². The second-order valence-electron chi connectivity index (χ2n) is 4.98. The average molecular weight is 251 g/mol. The Hall–Kier alpha value is -0.900. The Balaban J connectivity index is 2.74. The fourth-order valence-electron chi connectivity index (χ4n) is 2.38. The zero-order valence-electron chi connectivity index (χ0n) is 12.1. The number of likely N-dealkylation sites (N-methyl/N-ethyl adjacent to an activating group) is 1. The van der Waals surface area contributed by atoms with Gasteiger partial charge in [0.05, 0.1) is 6.04 Å². The number of benzene rings is 1. The Morgan fingerprint density at radius 3 is 2.06 bits per heavy atom. The number of nitrogens with zero attached hydrogens (tertiary/aromatic N) is 1. The van der Waals surface area contributed by atoms with Gasteiger partial charge in [-0.2, -0.15) is 0 Å². The molecule has 3 nitrogen and oxygen atoms in total. The van der Waals surface area contributed by atoms with Gasteiger partial charge in [0.2, 0.25) is 0 Å². The van der Waals surface area contributed by atoms with Crippen LogP contribution in [0.3, 0.4) is 0 Å². The van der Waals surface area contributed by atoms with Gasteiger partial charge < -0.3 is 9.47 Å². The molecule has 102 valence electrons. The van der Waals surface area contributed by atoms with Crippen molar-refractivity contribution in [2.75, 3.05) is 21.3 Å². The van der Waals surface area contributed by atoms with Gasteiger partial charge in [-0.25, -0.2) is 0 Å². The Bertz CT molecular complexity index is 323. The quantitative estimate of drug-likeness (QED) is 0.696. The van der Waals surface area contributed by atoms with E-state index in [4.69, 9.17) is 9.47 Å². The van der Waals surface area contributed by atoms with E-state index < -0.39 is 0 Å². The second kappa shape index (κ2) is 7.52. The lowest BCUT2D eigenvalue weighted by Gasteiger charge is -2.35. The maximum Gasteiger partial charge on any atom is 0.172 e. The molecule has 0 bridgehead atoms. The summed E-state index contributed by atoms with van der Waals surface area (Å²) in [6.07, 6.45) is -0.196. The summed E-state index contributed by atoms with van der Waals surface area (Å²) in [6, 6.07) is 10.7. The van der Waals surface area contributed by atoms with E-state index >= 15 is 0 Å². The van der Waals surface area contributed by atoms with Crippen LogP contribution in [-0.4, -0.2) is 38.5 Å². The molecule has 18 heavy (non-hydrogen) atoms. The van der Waals surface area contributed by atoms with E-state index in [1.165, 1.54) is 5.56 Å². The molecule has 0 amide bonds. The van der Waals surface area contributed by atoms with Crippen LogP contribution in [0.5, 0.6) is 0 Å². The summed E-state index contributed by atoms with van der Waals surface area (Å²) in [6.45, 7) is 5.28. The van der Waals surface area contributed by atoms with E-state index in [-0.39, 0.29) is 12.3 Å². The zero-order valence-corrected chi connectivity index (χ0v) is 12.1. The average Bonchev–Trinajstić information content (AvgIpc) is 2.36. The first-order chi connectivity index (χ1) is 8.60. The largest absolute Gasteiger partial charge is 0.354 e. The van der Waals surface area contributed by atoms with E-state index in [0.29, 0.717) is 5.92 Å². The summed E-state index contributed by atoms with van der Waals surface area (Å²) in [5.41, 5.74) is 1.30. The first-order valence-electron chi connectivity index (χ1n) is 6.40. The highest BCUT2D eigenvalue weighted by molar-refractivity contribution is 5.14. The van der Waals surface area contributed by atoms with Crippen molar-refractivity contribution in [1.29, 1.82) is 0 Å². The molecule has 0 aliphatic carbocycles. The lowest BCUT2D eigenvalue weighted by Crippen LogP contribution is -2.46. The molecule has 0 unspecified atom stereocenters. The van der Waals surface area contributed by atoms with E-state index in [1.54, 1.807) is 14.2 Å². The number of hydrogen-bond donors (Lipinski definition) is 0. The van der Waals surface area contributed by atoms with E-state index in [2.05, 4.69) is 50.1 Å². The van der Waals surface area contributed by atoms with Crippen LogP contribution in [0.4, 0.5) is 0 Å². The van der Waals surface area contributed by atoms with E-state index in [9.17, 15) is 0 Å². The third-order valence-electron chi connectivity index (χ3n) is 3.21. The maximum absolute atomic E-state index is 5.42. The number of ether oxygens (including phenoxy) is 2. The highest BCUT2D eigenvalue weighted by atomic mass is 16.7. The molecule has 0 aliphatic heterocycles. The monoisotopic (exact) mass is 251 g/mol. The van der Waals surface area contributed by atoms with Crippen LogP contribution in [0.1, 0.15) is 19.4 Å². The minimum Gasteiger partial charge on any atom is -0.354 e. The van der Waals surface area contributed by atoms with Crippen molar-refractivity contribution in [1.82, 2.24) is 4.90 Å². The van der Waals surface area contributed by atoms with Crippen LogP contribution < -0.4 is 0 Å². The Kier molecular flexibility index (Phi) is 6.33. The Morgan fingerprint density at radius 2 is 1.61 bits per heavy atom. The van der Waals surface area contributed by atoms with E-state index in [1.807, 2.05) is 6.07 Å². The van der Waals surface area contributed by atoms with Gasteiger partial charge in [-0.1, -0.05) is 44.2 Å². The maximum atomic E-state index is 5.42. The van der Waals surface area contributed by atoms with Crippen molar-refractivity contribution in [3.8, 4) is 0 Å². The molecule has 1 aromatic rings. The van der Waals surface area contributed by atoms with Crippen molar-refractivity contribution in [3.63, 3.8) is 0 Å². The van der Waals surface area contributed by atoms with E-state index in [0.717, 1.165) is 6.54 Å². The first kappa shape index (κ1) is 15.2. The molecule has 1 aromatic carbocycles. The van der Waals surface area contributed by atoms with Gasteiger partial charge in [-0.15, -0.1) is 0 Å². The molecule has 0 heterocycles. The summed E-state index contributed by atoms with van der Waals surface area (Å²) in [5.74, 6) is 0.462. The van der Waals surface area contributed by atoms with Gasteiger partial charge >= 0.3 is 0 Å². The van der Waals surface area contributed by atoms with Crippen molar-refractivity contribution < 1.29 is 9.47 Å². The molecule has 1 atom stereocenters.